The number of ether oxygens (including phenoxy) is 1. The number of H-pyrrole nitrogens is 1. The summed E-state index contributed by atoms with van der Waals surface area (Å²) in [6.07, 6.45) is 1.72. The second-order valence-electron chi connectivity index (χ2n) is 6.46. The van der Waals surface area contributed by atoms with E-state index in [9.17, 15) is 13.2 Å². The van der Waals surface area contributed by atoms with Crippen LogP contribution >= 0.6 is 11.8 Å². The van der Waals surface area contributed by atoms with Crippen molar-refractivity contribution in [1.82, 2.24) is 14.3 Å². The summed E-state index contributed by atoms with van der Waals surface area (Å²) in [6, 6.07) is 14.3. The molecule has 0 aliphatic rings. The van der Waals surface area contributed by atoms with E-state index in [0.717, 1.165) is 15.6 Å². The SMILES string of the molecule is COc1ccc(NC(=O)CSc2ncc(-c3ccccc3)[nH]2)cc1S(=O)(=O)N(C)C. The van der Waals surface area contributed by atoms with E-state index in [-0.39, 0.29) is 22.3 Å². The van der Waals surface area contributed by atoms with E-state index >= 15 is 0 Å². The summed E-state index contributed by atoms with van der Waals surface area (Å²) in [5.74, 6) is 0.0416. The van der Waals surface area contributed by atoms with E-state index in [4.69, 9.17) is 4.74 Å². The van der Waals surface area contributed by atoms with Crippen molar-refractivity contribution in [2.75, 3.05) is 32.3 Å². The van der Waals surface area contributed by atoms with Gasteiger partial charge < -0.3 is 15.0 Å². The molecule has 0 radical (unpaired) electrons. The highest BCUT2D eigenvalue weighted by molar-refractivity contribution is 7.99. The number of methoxy groups -OCH3 is 1. The minimum atomic E-state index is -3.72. The van der Waals surface area contributed by atoms with Gasteiger partial charge in [0.15, 0.2) is 5.16 Å². The lowest BCUT2D eigenvalue weighted by atomic mass is 10.2. The topological polar surface area (TPSA) is 104 Å². The van der Waals surface area contributed by atoms with Gasteiger partial charge in [-0.1, -0.05) is 42.1 Å². The molecule has 0 aliphatic heterocycles. The molecular weight excluding hydrogens is 424 g/mol. The van der Waals surface area contributed by atoms with Gasteiger partial charge in [0.2, 0.25) is 15.9 Å². The first-order chi connectivity index (χ1) is 14.3. The highest BCUT2D eigenvalue weighted by Crippen LogP contribution is 2.29. The Kier molecular flexibility index (Phi) is 6.80. The largest absolute Gasteiger partial charge is 0.495 e. The van der Waals surface area contributed by atoms with Crippen LogP contribution in [-0.2, 0) is 14.8 Å². The van der Waals surface area contributed by atoms with Crippen molar-refractivity contribution in [2.45, 2.75) is 10.1 Å². The summed E-state index contributed by atoms with van der Waals surface area (Å²) >= 11 is 1.26. The first-order valence-electron chi connectivity index (χ1n) is 8.95. The molecule has 3 aromatic rings. The van der Waals surface area contributed by atoms with Crippen molar-refractivity contribution in [2.24, 2.45) is 0 Å². The molecule has 1 heterocycles. The normalized spacial score (nSPS) is 11.5. The third kappa shape index (κ3) is 5.02. The summed E-state index contributed by atoms with van der Waals surface area (Å²) in [4.78, 5) is 19.8. The molecule has 30 heavy (non-hydrogen) atoms. The van der Waals surface area contributed by atoms with Gasteiger partial charge in [0.25, 0.3) is 0 Å². The standard InChI is InChI=1S/C20H22N4O4S2/c1-24(2)30(26,27)18-11-15(9-10-17(18)28-3)22-19(25)13-29-20-21-12-16(23-20)14-7-5-4-6-8-14/h4-12H,13H2,1-3H3,(H,21,23)(H,22,25). The van der Waals surface area contributed by atoms with E-state index < -0.39 is 10.0 Å². The van der Waals surface area contributed by atoms with Gasteiger partial charge in [0, 0.05) is 19.8 Å². The second-order valence-corrected chi connectivity index (χ2v) is 9.54. The lowest BCUT2D eigenvalue weighted by Crippen LogP contribution is -2.23. The minimum Gasteiger partial charge on any atom is -0.495 e. The van der Waals surface area contributed by atoms with Crippen LogP contribution in [0.5, 0.6) is 5.75 Å². The van der Waals surface area contributed by atoms with Crippen LogP contribution in [-0.4, -0.2) is 55.6 Å². The predicted octanol–water partition coefficient (Wildman–Crippen LogP) is 3.07. The molecule has 0 bridgehead atoms. The van der Waals surface area contributed by atoms with Gasteiger partial charge in [-0.2, -0.15) is 0 Å². The van der Waals surface area contributed by atoms with E-state index in [0.29, 0.717) is 10.8 Å². The fourth-order valence-corrected chi connectivity index (χ4v) is 4.35. The molecule has 10 heteroatoms. The van der Waals surface area contributed by atoms with E-state index in [1.54, 1.807) is 12.3 Å². The molecular formula is C20H22N4O4S2. The Bertz CT molecular complexity index is 1130. The van der Waals surface area contributed by atoms with Gasteiger partial charge in [-0.3, -0.25) is 4.79 Å². The average molecular weight is 447 g/mol. The number of benzene rings is 2. The van der Waals surface area contributed by atoms with Crippen molar-refractivity contribution < 1.29 is 17.9 Å². The number of nitrogens with one attached hydrogen (secondary N) is 2. The number of carbonyl (C=O) groups excluding carboxylic acids is 1. The Morgan fingerprint density at radius 3 is 2.60 bits per heavy atom. The van der Waals surface area contributed by atoms with Gasteiger partial charge in [0.05, 0.1) is 24.8 Å². The van der Waals surface area contributed by atoms with Crippen molar-refractivity contribution >= 4 is 33.4 Å². The molecule has 2 aromatic carbocycles. The highest BCUT2D eigenvalue weighted by atomic mass is 32.2. The van der Waals surface area contributed by atoms with Crippen molar-refractivity contribution in [3.8, 4) is 17.0 Å². The van der Waals surface area contributed by atoms with Crippen LogP contribution < -0.4 is 10.1 Å². The quantitative estimate of drug-likeness (QED) is 0.516. The Morgan fingerprint density at radius 2 is 1.93 bits per heavy atom. The number of hydrogen-bond acceptors (Lipinski definition) is 6. The van der Waals surface area contributed by atoms with Crippen molar-refractivity contribution in [1.29, 1.82) is 0 Å². The zero-order valence-electron chi connectivity index (χ0n) is 16.7. The molecule has 1 amide bonds. The minimum absolute atomic E-state index is 0.0148. The summed E-state index contributed by atoms with van der Waals surface area (Å²) < 4.78 is 31.2. The van der Waals surface area contributed by atoms with Crippen LogP contribution in [0.4, 0.5) is 5.69 Å². The number of thioether (sulfide) groups is 1. The lowest BCUT2D eigenvalue weighted by molar-refractivity contribution is -0.113. The number of amides is 1. The first kappa shape index (κ1) is 21.9. The fourth-order valence-electron chi connectivity index (χ4n) is 2.62. The van der Waals surface area contributed by atoms with Gasteiger partial charge in [0.1, 0.15) is 10.6 Å². The zero-order chi connectivity index (χ0) is 21.7. The molecule has 0 aliphatic carbocycles. The molecule has 2 N–H and O–H groups in total. The Morgan fingerprint density at radius 1 is 1.20 bits per heavy atom. The predicted molar refractivity (Wildman–Crippen MR) is 117 cm³/mol. The molecule has 3 rings (SSSR count). The number of anilines is 1. The zero-order valence-corrected chi connectivity index (χ0v) is 18.4. The van der Waals surface area contributed by atoms with Crippen molar-refractivity contribution in [3.63, 3.8) is 0 Å². The van der Waals surface area contributed by atoms with E-state index in [2.05, 4.69) is 15.3 Å². The first-order valence-corrected chi connectivity index (χ1v) is 11.4. The van der Waals surface area contributed by atoms with E-state index in [1.807, 2.05) is 30.3 Å². The molecule has 0 fully saturated rings. The number of rotatable bonds is 8. The highest BCUT2D eigenvalue weighted by Gasteiger charge is 2.23. The molecule has 8 nitrogen and oxygen atoms in total. The number of carbonyl (C=O) groups is 1. The van der Waals surface area contributed by atoms with Crippen LogP contribution in [0.2, 0.25) is 0 Å². The smallest absolute Gasteiger partial charge is 0.246 e. The lowest BCUT2D eigenvalue weighted by Gasteiger charge is -2.15. The van der Waals surface area contributed by atoms with Gasteiger partial charge in [-0.25, -0.2) is 17.7 Å². The molecule has 0 saturated carbocycles. The van der Waals surface area contributed by atoms with Crippen LogP contribution in [0.25, 0.3) is 11.3 Å². The fraction of sp³-hybridized carbons (Fsp3) is 0.200. The maximum Gasteiger partial charge on any atom is 0.246 e. The average Bonchev–Trinajstić information content (AvgIpc) is 3.22. The van der Waals surface area contributed by atoms with Crippen molar-refractivity contribution in [3.05, 3.63) is 54.7 Å². The van der Waals surface area contributed by atoms with Crippen LogP contribution in [0.3, 0.4) is 0 Å². The Labute approximate surface area is 179 Å². The molecule has 0 spiro atoms. The van der Waals surface area contributed by atoms with Crippen LogP contribution in [0.1, 0.15) is 0 Å². The van der Waals surface area contributed by atoms with Gasteiger partial charge in [-0.15, -0.1) is 0 Å². The van der Waals surface area contributed by atoms with E-state index in [1.165, 1.54) is 45.1 Å². The third-order valence-corrected chi connectivity index (χ3v) is 6.91. The maximum absolute atomic E-state index is 12.5. The number of imidazole rings is 1. The summed E-state index contributed by atoms with van der Waals surface area (Å²) in [5, 5.41) is 3.33. The Balaban J connectivity index is 1.66. The summed E-state index contributed by atoms with van der Waals surface area (Å²) in [6.45, 7) is 0. The molecule has 0 saturated heterocycles. The number of aromatic nitrogens is 2. The molecule has 158 valence electrons. The van der Waals surface area contributed by atoms with Crippen LogP contribution in [0.15, 0.2) is 64.8 Å². The molecule has 1 aromatic heterocycles. The number of nitrogens with zero attached hydrogens (tertiary/aromatic N) is 2. The summed E-state index contributed by atoms with van der Waals surface area (Å²) in [7, 11) is 0.543. The monoisotopic (exact) mass is 446 g/mol. The van der Waals surface area contributed by atoms with Crippen LogP contribution in [0, 0.1) is 0 Å². The summed E-state index contributed by atoms with van der Waals surface area (Å²) in [5.41, 5.74) is 2.24. The molecule has 0 unspecified atom stereocenters. The van der Waals surface area contributed by atoms with Gasteiger partial charge in [-0.05, 0) is 23.8 Å². The number of aromatic amines is 1. The van der Waals surface area contributed by atoms with Gasteiger partial charge >= 0.3 is 0 Å². The number of sulfonamides is 1. The Hall–Kier alpha value is -2.82. The molecule has 0 atom stereocenters. The number of hydrogen-bond donors (Lipinski definition) is 2. The second kappa shape index (κ2) is 9.33. The third-order valence-electron chi connectivity index (χ3n) is 4.18. The maximum atomic E-state index is 12.5.